The van der Waals surface area contributed by atoms with E-state index in [4.69, 9.17) is 9.84 Å². The Morgan fingerprint density at radius 2 is 2.09 bits per heavy atom. The van der Waals surface area contributed by atoms with Crippen LogP contribution in [0, 0.1) is 5.41 Å². The van der Waals surface area contributed by atoms with E-state index in [2.05, 4.69) is 5.32 Å². The standard InChI is InChI=1S/C17H32N2O3/c1-16(2,3)22-15(21)19-10-5-4-6-14(19)12-18-13-17(7-8-17)9-11-20/h14,18,20H,4-13H2,1-3H3. The topological polar surface area (TPSA) is 61.8 Å². The number of nitrogens with one attached hydrogen (secondary N) is 1. The lowest BCUT2D eigenvalue weighted by molar-refractivity contribution is 0.00984. The molecular weight excluding hydrogens is 280 g/mol. The predicted octanol–water partition coefficient (Wildman–Crippen LogP) is 2.53. The zero-order valence-corrected chi connectivity index (χ0v) is 14.4. The summed E-state index contributed by atoms with van der Waals surface area (Å²) in [4.78, 5) is 14.2. The second-order valence-corrected chi connectivity index (χ2v) is 7.93. The summed E-state index contributed by atoms with van der Waals surface area (Å²) in [5.41, 5.74) is -0.119. The summed E-state index contributed by atoms with van der Waals surface area (Å²) in [6, 6.07) is 0.230. The molecule has 0 spiro atoms. The molecule has 1 saturated heterocycles. The molecule has 2 rings (SSSR count). The normalized spacial score (nSPS) is 24.2. The maximum Gasteiger partial charge on any atom is 0.410 e. The molecule has 0 aromatic heterocycles. The van der Waals surface area contributed by atoms with Gasteiger partial charge in [0, 0.05) is 32.3 Å². The lowest BCUT2D eigenvalue weighted by Crippen LogP contribution is -2.50. The van der Waals surface area contributed by atoms with Crippen LogP contribution in [-0.4, -0.2) is 54.0 Å². The Labute approximate surface area is 134 Å². The van der Waals surface area contributed by atoms with Crippen molar-refractivity contribution in [3.63, 3.8) is 0 Å². The number of aliphatic hydroxyl groups is 1. The van der Waals surface area contributed by atoms with E-state index in [0.29, 0.717) is 5.41 Å². The van der Waals surface area contributed by atoms with Gasteiger partial charge in [0.15, 0.2) is 0 Å². The Bertz CT molecular complexity index is 375. The highest BCUT2D eigenvalue weighted by Crippen LogP contribution is 2.47. The van der Waals surface area contributed by atoms with Crippen molar-refractivity contribution in [2.24, 2.45) is 5.41 Å². The van der Waals surface area contributed by atoms with Gasteiger partial charge in [-0.1, -0.05) is 0 Å². The average Bonchev–Trinajstić information content (AvgIpc) is 3.18. The Hall–Kier alpha value is -0.810. The highest BCUT2D eigenvalue weighted by molar-refractivity contribution is 5.68. The summed E-state index contributed by atoms with van der Waals surface area (Å²) in [5, 5.41) is 12.6. The minimum atomic E-state index is -0.439. The van der Waals surface area contributed by atoms with Gasteiger partial charge in [0.25, 0.3) is 0 Å². The van der Waals surface area contributed by atoms with Crippen LogP contribution in [0.5, 0.6) is 0 Å². The van der Waals surface area contributed by atoms with Crippen molar-refractivity contribution in [1.29, 1.82) is 0 Å². The van der Waals surface area contributed by atoms with Gasteiger partial charge >= 0.3 is 6.09 Å². The van der Waals surface area contributed by atoms with Crippen molar-refractivity contribution in [2.45, 2.75) is 70.9 Å². The van der Waals surface area contributed by atoms with Gasteiger partial charge in [-0.2, -0.15) is 0 Å². The van der Waals surface area contributed by atoms with E-state index < -0.39 is 5.60 Å². The fourth-order valence-electron chi connectivity index (χ4n) is 3.21. The zero-order chi connectivity index (χ0) is 16.2. The summed E-state index contributed by atoms with van der Waals surface area (Å²) in [6.45, 7) is 8.58. The molecule has 1 aliphatic carbocycles. The predicted molar refractivity (Wildman–Crippen MR) is 86.8 cm³/mol. The Kier molecular flexibility index (Phi) is 5.72. The van der Waals surface area contributed by atoms with Crippen LogP contribution in [0.1, 0.15) is 59.3 Å². The molecule has 2 aliphatic rings. The molecule has 2 fully saturated rings. The number of rotatable bonds is 6. The molecule has 2 N–H and O–H groups in total. The maximum absolute atomic E-state index is 12.3. The number of aliphatic hydroxyl groups excluding tert-OH is 1. The minimum Gasteiger partial charge on any atom is -0.444 e. The molecule has 1 unspecified atom stereocenters. The number of carbonyl (C=O) groups is 1. The van der Waals surface area contributed by atoms with Gasteiger partial charge in [0.05, 0.1) is 0 Å². The van der Waals surface area contributed by atoms with Crippen LogP contribution in [0.3, 0.4) is 0 Å². The minimum absolute atomic E-state index is 0.185. The second-order valence-electron chi connectivity index (χ2n) is 7.93. The lowest BCUT2D eigenvalue weighted by Gasteiger charge is -2.37. The van der Waals surface area contributed by atoms with Gasteiger partial charge in [0.2, 0.25) is 0 Å². The fraction of sp³-hybridized carbons (Fsp3) is 0.941. The van der Waals surface area contributed by atoms with E-state index in [1.54, 1.807) is 0 Å². The largest absolute Gasteiger partial charge is 0.444 e. The van der Waals surface area contributed by atoms with E-state index in [-0.39, 0.29) is 18.7 Å². The van der Waals surface area contributed by atoms with Gasteiger partial charge in [-0.25, -0.2) is 4.79 Å². The van der Waals surface area contributed by atoms with Gasteiger partial charge in [-0.3, -0.25) is 0 Å². The number of piperidine rings is 1. The summed E-state index contributed by atoms with van der Waals surface area (Å²) in [6.07, 6.45) is 6.40. The van der Waals surface area contributed by atoms with E-state index in [1.807, 2.05) is 25.7 Å². The molecule has 0 aromatic rings. The van der Waals surface area contributed by atoms with Crippen LogP contribution >= 0.6 is 0 Å². The first-order chi connectivity index (χ1) is 10.4. The highest BCUT2D eigenvalue weighted by atomic mass is 16.6. The Morgan fingerprint density at radius 1 is 1.36 bits per heavy atom. The van der Waals surface area contributed by atoms with Crippen LogP contribution in [0.2, 0.25) is 0 Å². The third-order valence-corrected chi connectivity index (χ3v) is 4.73. The molecule has 0 aromatic carbocycles. The van der Waals surface area contributed by atoms with Crippen LogP contribution in [0.4, 0.5) is 4.79 Å². The van der Waals surface area contributed by atoms with Crippen molar-refractivity contribution in [3.05, 3.63) is 0 Å². The van der Waals surface area contributed by atoms with E-state index in [0.717, 1.165) is 38.9 Å². The van der Waals surface area contributed by atoms with Crippen LogP contribution < -0.4 is 5.32 Å². The third kappa shape index (κ3) is 5.13. The quantitative estimate of drug-likeness (QED) is 0.791. The van der Waals surface area contributed by atoms with E-state index in [1.165, 1.54) is 19.3 Å². The zero-order valence-electron chi connectivity index (χ0n) is 14.4. The highest BCUT2D eigenvalue weighted by Gasteiger charge is 2.41. The van der Waals surface area contributed by atoms with Gasteiger partial charge in [-0.05, 0) is 64.7 Å². The smallest absolute Gasteiger partial charge is 0.410 e. The number of nitrogens with zero attached hydrogens (tertiary/aromatic N) is 1. The molecule has 128 valence electrons. The molecule has 1 atom stereocenters. The first-order valence-electron chi connectivity index (χ1n) is 8.66. The van der Waals surface area contributed by atoms with Crippen molar-refractivity contribution in [2.75, 3.05) is 26.2 Å². The van der Waals surface area contributed by atoms with Crippen LogP contribution in [-0.2, 0) is 4.74 Å². The summed E-state index contributed by atoms with van der Waals surface area (Å²) < 4.78 is 5.53. The van der Waals surface area contributed by atoms with Crippen LogP contribution in [0.25, 0.3) is 0 Å². The summed E-state index contributed by atoms with van der Waals surface area (Å²) in [7, 11) is 0. The number of amides is 1. The molecular formula is C17H32N2O3. The molecule has 5 heteroatoms. The second kappa shape index (κ2) is 7.18. The van der Waals surface area contributed by atoms with Gasteiger partial charge in [0.1, 0.15) is 5.60 Å². The number of ether oxygens (including phenoxy) is 1. The molecule has 1 heterocycles. The van der Waals surface area contributed by atoms with E-state index in [9.17, 15) is 4.79 Å². The molecule has 0 radical (unpaired) electrons. The van der Waals surface area contributed by atoms with Crippen molar-refractivity contribution >= 4 is 6.09 Å². The van der Waals surface area contributed by atoms with Gasteiger partial charge in [-0.15, -0.1) is 0 Å². The number of likely N-dealkylation sites (tertiary alicyclic amines) is 1. The summed E-state index contributed by atoms with van der Waals surface area (Å²) >= 11 is 0. The SMILES string of the molecule is CC(C)(C)OC(=O)N1CCCCC1CNCC1(CCO)CC1. The third-order valence-electron chi connectivity index (χ3n) is 4.73. The average molecular weight is 312 g/mol. The first-order valence-corrected chi connectivity index (χ1v) is 8.66. The molecule has 22 heavy (non-hydrogen) atoms. The molecule has 0 bridgehead atoms. The van der Waals surface area contributed by atoms with Crippen molar-refractivity contribution < 1.29 is 14.6 Å². The Morgan fingerprint density at radius 3 is 2.68 bits per heavy atom. The molecule has 1 amide bonds. The van der Waals surface area contributed by atoms with Gasteiger partial charge < -0.3 is 20.1 Å². The van der Waals surface area contributed by atoms with Crippen LogP contribution in [0.15, 0.2) is 0 Å². The van der Waals surface area contributed by atoms with E-state index >= 15 is 0 Å². The summed E-state index contributed by atoms with van der Waals surface area (Å²) in [5.74, 6) is 0. The van der Waals surface area contributed by atoms with Crippen molar-refractivity contribution in [1.82, 2.24) is 10.2 Å². The lowest BCUT2D eigenvalue weighted by atomic mass is 10.0. The molecule has 1 aliphatic heterocycles. The van der Waals surface area contributed by atoms with Crippen molar-refractivity contribution in [3.8, 4) is 0 Å². The number of hydrogen-bond acceptors (Lipinski definition) is 4. The Balaban J connectivity index is 1.81. The molecule has 1 saturated carbocycles. The number of hydrogen-bond donors (Lipinski definition) is 2. The maximum atomic E-state index is 12.3. The monoisotopic (exact) mass is 312 g/mol. The molecule has 5 nitrogen and oxygen atoms in total. The fourth-order valence-corrected chi connectivity index (χ4v) is 3.21. The number of carbonyl (C=O) groups excluding carboxylic acids is 1. The first kappa shape index (κ1) is 17.5.